The van der Waals surface area contributed by atoms with Crippen molar-refractivity contribution in [1.82, 2.24) is 4.72 Å². The van der Waals surface area contributed by atoms with Gasteiger partial charge in [-0.15, -0.1) is 11.3 Å². The number of nitrogens with one attached hydrogen (secondary N) is 1. The highest BCUT2D eigenvalue weighted by Gasteiger charge is 2.18. The first-order valence-corrected chi connectivity index (χ1v) is 8.91. The van der Waals surface area contributed by atoms with Gasteiger partial charge in [-0.3, -0.25) is 0 Å². The molecular weight excluding hydrogens is 282 g/mol. The highest BCUT2D eigenvalue weighted by Crippen LogP contribution is 2.24. The Morgan fingerprint density at radius 1 is 1.26 bits per heavy atom. The van der Waals surface area contributed by atoms with Gasteiger partial charge in [-0.05, 0) is 32.8 Å². The molecule has 1 rings (SSSR count). The summed E-state index contributed by atoms with van der Waals surface area (Å²) in [6, 6.07) is 1.72. The number of ether oxygens (including phenoxy) is 1. The number of unbranched alkanes of at least 4 members (excludes halogenated alkanes) is 1. The molecule has 1 aromatic rings. The minimum Gasteiger partial charge on any atom is -0.381 e. The summed E-state index contributed by atoms with van der Waals surface area (Å²) < 4.78 is 32.1. The lowest BCUT2D eigenvalue weighted by Crippen LogP contribution is -2.25. The predicted molar refractivity (Wildman–Crippen MR) is 79.3 cm³/mol. The first kappa shape index (κ1) is 16.6. The van der Waals surface area contributed by atoms with E-state index in [9.17, 15) is 8.42 Å². The fraction of sp³-hybridized carbons (Fsp3) is 0.692. The maximum atomic E-state index is 12.1. The van der Waals surface area contributed by atoms with Crippen molar-refractivity contribution >= 4 is 21.4 Å². The quantitative estimate of drug-likeness (QED) is 0.714. The largest absolute Gasteiger partial charge is 0.381 e. The minimum absolute atomic E-state index is 0.405. The highest BCUT2D eigenvalue weighted by atomic mass is 32.2. The fourth-order valence-corrected chi connectivity index (χ4v) is 4.31. The molecule has 0 radical (unpaired) electrons. The minimum atomic E-state index is -3.36. The van der Waals surface area contributed by atoms with E-state index in [-0.39, 0.29) is 0 Å². The lowest BCUT2D eigenvalue weighted by molar-refractivity contribution is 0.130. The van der Waals surface area contributed by atoms with Gasteiger partial charge in [0.05, 0.1) is 4.90 Å². The summed E-state index contributed by atoms with van der Waals surface area (Å²) in [5.74, 6) is 0. The van der Waals surface area contributed by atoms with Gasteiger partial charge in [-0.25, -0.2) is 13.1 Å². The van der Waals surface area contributed by atoms with Gasteiger partial charge >= 0.3 is 0 Å². The summed E-state index contributed by atoms with van der Waals surface area (Å²) in [5, 5.41) is 0. The van der Waals surface area contributed by atoms with Gasteiger partial charge in [-0.2, -0.15) is 0 Å². The molecule has 0 unspecified atom stereocenters. The van der Waals surface area contributed by atoms with Crippen molar-refractivity contribution in [2.45, 2.75) is 44.9 Å². The molecule has 19 heavy (non-hydrogen) atoms. The Morgan fingerprint density at radius 3 is 2.53 bits per heavy atom. The third-order valence-corrected chi connectivity index (χ3v) is 5.37. The molecule has 1 N–H and O–H groups in total. The second-order valence-electron chi connectivity index (χ2n) is 4.49. The predicted octanol–water partition coefficient (Wildman–Crippen LogP) is 2.85. The van der Waals surface area contributed by atoms with Crippen molar-refractivity contribution < 1.29 is 13.2 Å². The van der Waals surface area contributed by atoms with Crippen molar-refractivity contribution in [1.29, 1.82) is 0 Å². The van der Waals surface area contributed by atoms with Crippen LogP contribution in [0, 0.1) is 13.8 Å². The van der Waals surface area contributed by atoms with Crippen LogP contribution >= 0.6 is 11.3 Å². The molecule has 0 fully saturated rings. The number of hydrogen-bond acceptors (Lipinski definition) is 4. The van der Waals surface area contributed by atoms with Crippen LogP contribution < -0.4 is 4.72 Å². The van der Waals surface area contributed by atoms with Crippen LogP contribution in [0.3, 0.4) is 0 Å². The lowest BCUT2D eigenvalue weighted by atomic mass is 10.4. The summed E-state index contributed by atoms with van der Waals surface area (Å²) in [5.41, 5.74) is 0. The summed E-state index contributed by atoms with van der Waals surface area (Å²) in [4.78, 5) is 2.26. The highest BCUT2D eigenvalue weighted by molar-refractivity contribution is 7.89. The maximum Gasteiger partial charge on any atom is 0.241 e. The Hall–Kier alpha value is -0.430. The Labute approximate surface area is 120 Å². The van der Waals surface area contributed by atoms with Crippen molar-refractivity contribution in [2.75, 3.05) is 19.8 Å². The van der Waals surface area contributed by atoms with Crippen LogP contribution in [0.4, 0.5) is 0 Å². The van der Waals surface area contributed by atoms with E-state index in [1.165, 1.54) is 11.3 Å². The number of rotatable bonds is 9. The monoisotopic (exact) mass is 305 g/mol. The second-order valence-corrected chi connectivity index (χ2v) is 7.69. The van der Waals surface area contributed by atoms with Crippen LogP contribution in [0.15, 0.2) is 11.0 Å². The first-order chi connectivity index (χ1) is 8.97. The van der Waals surface area contributed by atoms with E-state index in [4.69, 9.17) is 4.74 Å². The van der Waals surface area contributed by atoms with E-state index >= 15 is 0 Å². The van der Waals surface area contributed by atoms with Gasteiger partial charge in [-0.1, -0.05) is 13.3 Å². The average molecular weight is 305 g/mol. The van der Waals surface area contributed by atoms with Crippen LogP contribution in [0.2, 0.25) is 0 Å². The van der Waals surface area contributed by atoms with Crippen molar-refractivity contribution in [2.24, 2.45) is 0 Å². The zero-order valence-electron chi connectivity index (χ0n) is 11.9. The summed E-state index contributed by atoms with van der Waals surface area (Å²) in [7, 11) is -3.36. The molecule has 0 aliphatic rings. The van der Waals surface area contributed by atoms with Crippen molar-refractivity contribution in [3.8, 4) is 0 Å². The maximum absolute atomic E-state index is 12.1. The second kappa shape index (κ2) is 7.99. The summed E-state index contributed by atoms with van der Waals surface area (Å²) in [6.07, 6.45) is 2.87. The Kier molecular flexibility index (Phi) is 6.99. The van der Waals surface area contributed by atoms with Gasteiger partial charge in [0.1, 0.15) is 0 Å². The zero-order chi connectivity index (χ0) is 14.3. The van der Waals surface area contributed by atoms with E-state index in [2.05, 4.69) is 11.6 Å². The van der Waals surface area contributed by atoms with Crippen molar-refractivity contribution in [3.05, 3.63) is 15.8 Å². The van der Waals surface area contributed by atoms with Crippen LogP contribution in [0.5, 0.6) is 0 Å². The van der Waals surface area contributed by atoms with E-state index < -0.39 is 10.0 Å². The van der Waals surface area contributed by atoms with E-state index in [0.29, 0.717) is 24.5 Å². The lowest BCUT2D eigenvalue weighted by Gasteiger charge is -2.06. The molecular formula is C13H23NO3S2. The van der Waals surface area contributed by atoms with Gasteiger partial charge in [0.25, 0.3) is 0 Å². The molecule has 110 valence electrons. The Morgan fingerprint density at radius 2 is 1.95 bits per heavy atom. The number of sulfonamides is 1. The summed E-state index contributed by atoms with van der Waals surface area (Å²) in [6.45, 7) is 7.64. The molecule has 0 saturated carbocycles. The molecule has 0 atom stereocenters. The summed E-state index contributed by atoms with van der Waals surface area (Å²) >= 11 is 1.51. The molecule has 0 bridgehead atoms. The van der Waals surface area contributed by atoms with Gasteiger partial charge < -0.3 is 4.74 Å². The molecule has 0 amide bonds. The van der Waals surface area contributed by atoms with Gasteiger partial charge in [0.2, 0.25) is 10.0 Å². The Balaban J connectivity index is 2.34. The van der Waals surface area contributed by atoms with E-state index in [1.807, 2.05) is 13.8 Å². The zero-order valence-corrected chi connectivity index (χ0v) is 13.5. The van der Waals surface area contributed by atoms with Crippen molar-refractivity contribution in [3.63, 3.8) is 0 Å². The smallest absolute Gasteiger partial charge is 0.241 e. The topological polar surface area (TPSA) is 55.4 Å². The van der Waals surface area contributed by atoms with Crippen LogP contribution in [0.1, 0.15) is 35.9 Å². The molecule has 0 aromatic carbocycles. The normalized spacial score (nSPS) is 11.9. The molecule has 0 spiro atoms. The van der Waals surface area contributed by atoms with Gasteiger partial charge in [0, 0.05) is 29.5 Å². The third kappa shape index (κ3) is 5.60. The number of hydrogen-bond donors (Lipinski definition) is 1. The third-order valence-electron chi connectivity index (χ3n) is 2.68. The SMILES string of the molecule is CCCCOCCCNS(=O)(=O)c1cc(C)sc1C. The van der Waals surface area contributed by atoms with Crippen LogP contribution in [-0.4, -0.2) is 28.2 Å². The van der Waals surface area contributed by atoms with E-state index in [0.717, 1.165) is 29.2 Å². The molecule has 0 aliphatic heterocycles. The standard InChI is InChI=1S/C13H23NO3S2/c1-4-5-8-17-9-6-7-14-19(15,16)13-10-11(2)18-12(13)3/h10,14H,4-9H2,1-3H3. The number of thiophene rings is 1. The van der Waals surface area contributed by atoms with Gasteiger partial charge in [0.15, 0.2) is 0 Å². The average Bonchev–Trinajstić information content (AvgIpc) is 2.68. The Bertz CT molecular complexity index is 480. The molecule has 1 aromatic heterocycles. The van der Waals surface area contributed by atoms with Crippen LogP contribution in [-0.2, 0) is 14.8 Å². The molecule has 6 heteroatoms. The first-order valence-electron chi connectivity index (χ1n) is 6.62. The molecule has 0 aliphatic carbocycles. The molecule has 4 nitrogen and oxygen atoms in total. The molecule has 1 heterocycles. The van der Waals surface area contributed by atoms with Crippen LogP contribution in [0.25, 0.3) is 0 Å². The van der Waals surface area contributed by atoms with E-state index in [1.54, 1.807) is 6.07 Å². The molecule has 0 saturated heterocycles. The fourth-order valence-electron chi connectivity index (χ4n) is 1.68. The number of aryl methyl sites for hydroxylation is 2.